The van der Waals surface area contributed by atoms with Gasteiger partial charge in [0, 0.05) is 25.4 Å². The number of hydrogen-bond donors (Lipinski definition) is 2. The van der Waals surface area contributed by atoms with Crippen molar-refractivity contribution < 1.29 is 8.42 Å². The highest BCUT2D eigenvalue weighted by atomic mass is 32.2. The molecule has 0 bridgehead atoms. The Kier molecular flexibility index (Phi) is 4.11. The SMILES string of the molecule is O=S(=O)(NCCCc1ncc[nH]1)c1ccccc1. The van der Waals surface area contributed by atoms with E-state index in [-0.39, 0.29) is 0 Å². The Balaban J connectivity index is 1.83. The molecule has 96 valence electrons. The van der Waals surface area contributed by atoms with Crippen LogP contribution >= 0.6 is 0 Å². The number of sulfonamides is 1. The Morgan fingerprint density at radius 3 is 2.67 bits per heavy atom. The van der Waals surface area contributed by atoms with E-state index in [0.717, 1.165) is 12.2 Å². The smallest absolute Gasteiger partial charge is 0.240 e. The topological polar surface area (TPSA) is 74.8 Å². The number of nitrogens with one attached hydrogen (secondary N) is 2. The third-order valence-electron chi connectivity index (χ3n) is 2.49. The highest BCUT2D eigenvalue weighted by Crippen LogP contribution is 2.06. The van der Waals surface area contributed by atoms with Crippen LogP contribution in [0.15, 0.2) is 47.6 Å². The summed E-state index contributed by atoms with van der Waals surface area (Å²) in [6, 6.07) is 8.36. The molecule has 1 aromatic heterocycles. The molecule has 2 rings (SSSR count). The molecule has 2 aromatic rings. The first-order valence-electron chi connectivity index (χ1n) is 5.71. The molecule has 0 fully saturated rings. The van der Waals surface area contributed by atoms with Gasteiger partial charge in [-0.25, -0.2) is 18.1 Å². The molecule has 0 radical (unpaired) electrons. The lowest BCUT2D eigenvalue weighted by Crippen LogP contribution is -2.25. The van der Waals surface area contributed by atoms with Crippen LogP contribution in [0, 0.1) is 0 Å². The van der Waals surface area contributed by atoms with Crippen molar-refractivity contribution in [2.45, 2.75) is 17.7 Å². The number of hydrogen-bond acceptors (Lipinski definition) is 3. The summed E-state index contributed by atoms with van der Waals surface area (Å²) in [4.78, 5) is 7.35. The minimum atomic E-state index is -3.38. The fourth-order valence-corrected chi connectivity index (χ4v) is 2.68. The van der Waals surface area contributed by atoms with E-state index in [9.17, 15) is 8.42 Å². The van der Waals surface area contributed by atoms with Crippen LogP contribution < -0.4 is 4.72 Å². The molecule has 6 heteroatoms. The standard InChI is InChI=1S/C12H15N3O2S/c16-18(17,11-5-2-1-3-6-11)15-8-4-7-12-13-9-10-14-12/h1-3,5-6,9-10,15H,4,7-8H2,(H,13,14). The lowest BCUT2D eigenvalue weighted by Gasteiger charge is -2.05. The van der Waals surface area contributed by atoms with E-state index in [2.05, 4.69) is 14.7 Å². The molecule has 0 aliphatic carbocycles. The van der Waals surface area contributed by atoms with Crippen LogP contribution in [-0.4, -0.2) is 24.9 Å². The van der Waals surface area contributed by atoms with Gasteiger partial charge >= 0.3 is 0 Å². The second-order valence-corrected chi connectivity index (χ2v) is 5.62. The summed E-state index contributed by atoms with van der Waals surface area (Å²) in [6.45, 7) is 0.401. The average Bonchev–Trinajstić information content (AvgIpc) is 2.89. The van der Waals surface area contributed by atoms with Crippen LogP contribution in [0.25, 0.3) is 0 Å². The molecule has 0 saturated carbocycles. The third kappa shape index (κ3) is 3.41. The van der Waals surface area contributed by atoms with Crippen LogP contribution in [0.5, 0.6) is 0 Å². The summed E-state index contributed by atoms with van der Waals surface area (Å²) in [7, 11) is -3.38. The molecular weight excluding hydrogens is 250 g/mol. The van der Waals surface area contributed by atoms with Crippen LogP contribution in [0.1, 0.15) is 12.2 Å². The van der Waals surface area contributed by atoms with Crippen molar-refractivity contribution in [2.75, 3.05) is 6.54 Å². The number of H-pyrrole nitrogens is 1. The Hall–Kier alpha value is -1.66. The predicted molar refractivity (Wildman–Crippen MR) is 68.5 cm³/mol. The van der Waals surface area contributed by atoms with E-state index in [1.54, 1.807) is 42.7 Å². The molecule has 1 heterocycles. The number of rotatable bonds is 6. The molecule has 0 aliphatic rings. The Morgan fingerprint density at radius 1 is 1.22 bits per heavy atom. The molecule has 2 N–H and O–H groups in total. The van der Waals surface area contributed by atoms with E-state index < -0.39 is 10.0 Å². The molecule has 0 unspecified atom stereocenters. The van der Waals surface area contributed by atoms with Crippen molar-refractivity contribution in [3.05, 3.63) is 48.5 Å². The average molecular weight is 265 g/mol. The monoisotopic (exact) mass is 265 g/mol. The summed E-state index contributed by atoms with van der Waals surface area (Å²) in [6.07, 6.45) is 4.87. The molecule has 0 atom stereocenters. The number of imidazole rings is 1. The van der Waals surface area contributed by atoms with Gasteiger partial charge in [0.15, 0.2) is 0 Å². The van der Waals surface area contributed by atoms with Gasteiger partial charge in [-0.1, -0.05) is 18.2 Å². The second-order valence-electron chi connectivity index (χ2n) is 3.85. The number of aromatic nitrogens is 2. The number of aromatic amines is 1. The summed E-state index contributed by atoms with van der Waals surface area (Å²) in [5.41, 5.74) is 0. The fraction of sp³-hybridized carbons (Fsp3) is 0.250. The highest BCUT2D eigenvalue weighted by molar-refractivity contribution is 7.89. The lowest BCUT2D eigenvalue weighted by atomic mass is 10.3. The van der Waals surface area contributed by atoms with E-state index in [0.29, 0.717) is 17.9 Å². The van der Waals surface area contributed by atoms with E-state index in [1.807, 2.05) is 0 Å². The van der Waals surface area contributed by atoms with Gasteiger partial charge in [-0.05, 0) is 18.6 Å². The van der Waals surface area contributed by atoms with Gasteiger partial charge in [0.1, 0.15) is 5.82 Å². The highest BCUT2D eigenvalue weighted by Gasteiger charge is 2.11. The molecule has 0 aliphatic heterocycles. The summed E-state index contributed by atoms with van der Waals surface area (Å²) in [5, 5.41) is 0. The molecular formula is C12H15N3O2S. The zero-order chi connectivity index (χ0) is 12.8. The first-order chi connectivity index (χ1) is 8.68. The van der Waals surface area contributed by atoms with Gasteiger partial charge in [-0.2, -0.15) is 0 Å². The largest absolute Gasteiger partial charge is 0.349 e. The molecule has 5 nitrogen and oxygen atoms in total. The Bertz CT molecular complexity index is 565. The maximum absolute atomic E-state index is 11.9. The Labute approximate surface area is 106 Å². The quantitative estimate of drug-likeness (QED) is 0.774. The van der Waals surface area contributed by atoms with Gasteiger partial charge in [0.25, 0.3) is 0 Å². The number of nitrogens with zero attached hydrogens (tertiary/aromatic N) is 1. The molecule has 18 heavy (non-hydrogen) atoms. The normalized spacial score (nSPS) is 11.6. The first-order valence-corrected chi connectivity index (χ1v) is 7.20. The maximum atomic E-state index is 11.9. The predicted octanol–water partition coefficient (Wildman–Crippen LogP) is 1.32. The van der Waals surface area contributed by atoms with Gasteiger partial charge < -0.3 is 4.98 Å². The van der Waals surface area contributed by atoms with Gasteiger partial charge in [0.05, 0.1) is 4.90 Å². The van der Waals surface area contributed by atoms with E-state index >= 15 is 0 Å². The zero-order valence-electron chi connectivity index (χ0n) is 9.83. The molecule has 0 spiro atoms. The van der Waals surface area contributed by atoms with Crippen molar-refractivity contribution in [1.82, 2.24) is 14.7 Å². The van der Waals surface area contributed by atoms with Crippen LogP contribution in [-0.2, 0) is 16.4 Å². The molecule has 0 amide bonds. The van der Waals surface area contributed by atoms with Gasteiger partial charge in [-0.15, -0.1) is 0 Å². The summed E-state index contributed by atoms with van der Waals surface area (Å²) >= 11 is 0. The van der Waals surface area contributed by atoms with Crippen LogP contribution in [0.2, 0.25) is 0 Å². The minimum Gasteiger partial charge on any atom is -0.349 e. The van der Waals surface area contributed by atoms with Crippen LogP contribution in [0.3, 0.4) is 0 Å². The van der Waals surface area contributed by atoms with Crippen molar-refractivity contribution in [1.29, 1.82) is 0 Å². The van der Waals surface area contributed by atoms with Crippen molar-refractivity contribution >= 4 is 10.0 Å². The zero-order valence-corrected chi connectivity index (χ0v) is 10.7. The minimum absolute atomic E-state index is 0.294. The maximum Gasteiger partial charge on any atom is 0.240 e. The van der Waals surface area contributed by atoms with E-state index in [1.165, 1.54) is 0 Å². The fourth-order valence-electron chi connectivity index (χ4n) is 1.58. The summed E-state index contributed by atoms with van der Waals surface area (Å²) < 4.78 is 26.3. The van der Waals surface area contributed by atoms with Crippen molar-refractivity contribution in [2.24, 2.45) is 0 Å². The first kappa shape index (κ1) is 12.8. The van der Waals surface area contributed by atoms with Crippen molar-refractivity contribution in [3.8, 4) is 0 Å². The number of benzene rings is 1. The van der Waals surface area contributed by atoms with E-state index in [4.69, 9.17) is 0 Å². The van der Waals surface area contributed by atoms with Crippen LogP contribution in [0.4, 0.5) is 0 Å². The second kappa shape index (κ2) is 5.79. The number of aryl methyl sites for hydroxylation is 1. The summed E-state index contributed by atoms with van der Waals surface area (Å²) in [5.74, 6) is 0.869. The lowest BCUT2D eigenvalue weighted by molar-refractivity contribution is 0.578. The molecule has 0 saturated heterocycles. The third-order valence-corrected chi connectivity index (χ3v) is 3.97. The van der Waals surface area contributed by atoms with Gasteiger partial charge in [0.2, 0.25) is 10.0 Å². The molecule has 1 aromatic carbocycles. The van der Waals surface area contributed by atoms with Gasteiger partial charge in [-0.3, -0.25) is 0 Å². The van der Waals surface area contributed by atoms with Crippen molar-refractivity contribution in [3.63, 3.8) is 0 Å². The Morgan fingerprint density at radius 2 is 2.00 bits per heavy atom.